The third-order valence-electron chi connectivity index (χ3n) is 1.18. The molecule has 0 rings (SSSR count). The molecule has 70 valence electrons. The van der Waals surface area contributed by atoms with Gasteiger partial charge in [-0.15, -0.1) is 0 Å². The number of esters is 1. The number of ether oxygens (including phenoxy) is 1. The Bertz CT molecular complexity index is 265. The van der Waals surface area contributed by atoms with Gasteiger partial charge >= 0.3 is 5.97 Å². The summed E-state index contributed by atoms with van der Waals surface area (Å²) in [6, 6.07) is 1.81. The van der Waals surface area contributed by atoms with E-state index in [4.69, 9.17) is 11.0 Å². The third-order valence-corrected chi connectivity index (χ3v) is 1.18. The number of nitrogens with two attached hydrogens (primary N) is 1. The van der Waals surface area contributed by atoms with Crippen LogP contribution in [0, 0.1) is 11.3 Å². The lowest BCUT2D eigenvalue weighted by Gasteiger charge is -2.01. The summed E-state index contributed by atoms with van der Waals surface area (Å²) in [4.78, 5) is 21.3. The maximum Gasteiger partial charge on any atom is 0.310 e. The monoisotopic (exact) mass is 182 g/mol. The lowest BCUT2D eigenvalue weighted by molar-refractivity contribution is -0.143. The topological polar surface area (TPSA) is 93.2 Å². The second-order valence-electron chi connectivity index (χ2n) is 2.27. The highest BCUT2D eigenvalue weighted by Crippen LogP contribution is 1.98. The maximum absolute atomic E-state index is 10.8. The van der Waals surface area contributed by atoms with E-state index >= 15 is 0 Å². The standard InChI is InChI=1S/C8H10N2O3/c1-6(8(10)12)5-7(11)13-4-2-3-9/h1-2,4-5H2,(H2,10,12). The van der Waals surface area contributed by atoms with Gasteiger partial charge in [0, 0.05) is 5.57 Å². The molecule has 0 aromatic rings. The van der Waals surface area contributed by atoms with Crippen molar-refractivity contribution in [1.82, 2.24) is 0 Å². The average molecular weight is 182 g/mol. The van der Waals surface area contributed by atoms with Crippen molar-refractivity contribution in [3.63, 3.8) is 0 Å². The molecule has 0 aliphatic rings. The van der Waals surface area contributed by atoms with Crippen LogP contribution in [0.2, 0.25) is 0 Å². The van der Waals surface area contributed by atoms with Gasteiger partial charge in [-0.1, -0.05) is 6.58 Å². The van der Waals surface area contributed by atoms with Crippen molar-refractivity contribution in [3.05, 3.63) is 12.2 Å². The van der Waals surface area contributed by atoms with E-state index in [1.165, 1.54) is 0 Å². The van der Waals surface area contributed by atoms with Gasteiger partial charge in [0.1, 0.15) is 6.61 Å². The predicted octanol–water partition coefficient (Wildman–Crippen LogP) is -0.125. The minimum absolute atomic E-state index is 0.00181. The van der Waals surface area contributed by atoms with Crippen LogP contribution in [0.5, 0.6) is 0 Å². The van der Waals surface area contributed by atoms with Crippen LogP contribution in [0.25, 0.3) is 0 Å². The second-order valence-corrected chi connectivity index (χ2v) is 2.27. The zero-order valence-corrected chi connectivity index (χ0v) is 7.08. The highest BCUT2D eigenvalue weighted by Gasteiger charge is 2.09. The molecule has 0 aliphatic carbocycles. The number of hydrogen-bond acceptors (Lipinski definition) is 4. The van der Waals surface area contributed by atoms with Crippen LogP contribution in [0.3, 0.4) is 0 Å². The number of rotatable bonds is 5. The van der Waals surface area contributed by atoms with Crippen molar-refractivity contribution in [2.24, 2.45) is 5.73 Å². The van der Waals surface area contributed by atoms with Crippen LogP contribution < -0.4 is 5.73 Å². The maximum atomic E-state index is 10.8. The number of amides is 1. The van der Waals surface area contributed by atoms with E-state index in [2.05, 4.69) is 11.3 Å². The van der Waals surface area contributed by atoms with Crippen LogP contribution >= 0.6 is 0 Å². The molecule has 0 saturated carbocycles. The van der Waals surface area contributed by atoms with E-state index in [0.717, 1.165) is 0 Å². The Morgan fingerprint density at radius 1 is 1.54 bits per heavy atom. The highest BCUT2D eigenvalue weighted by atomic mass is 16.5. The highest BCUT2D eigenvalue weighted by molar-refractivity contribution is 5.95. The number of carbonyl (C=O) groups is 2. The summed E-state index contributed by atoms with van der Waals surface area (Å²) >= 11 is 0. The lowest BCUT2D eigenvalue weighted by atomic mass is 10.2. The summed E-state index contributed by atoms with van der Waals surface area (Å²) < 4.78 is 4.57. The largest absolute Gasteiger partial charge is 0.464 e. The third kappa shape index (κ3) is 5.44. The van der Waals surface area contributed by atoms with Crippen molar-refractivity contribution in [3.8, 4) is 6.07 Å². The van der Waals surface area contributed by atoms with Gasteiger partial charge in [-0.05, 0) is 0 Å². The van der Waals surface area contributed by atoms with Gasteiger partial charge < -0.3 is 10.5 Å². The molecule has 0 atom stereocenters. The Morgan fingerprint density at radius 2 is 2.15 bits per heavy atom. The molecular formula is C8H10N2O3. The van der Waals surface area contributed by atoms with Gasteiger partial charge in [0.25, 0.3) is 0 Å². The van der Waals surface area contributed by atoms with Crippen LogP contribution in [-0.2, 0) is 14.3 Å². The van der Waals surface area contributed by atoms with E-state index < -0.39 is 11.9 Å². The zero-order valence-electron chi connectivity index (χ0n) is 7.08. The molecule has 0 heterocycles. The fourth-order valence-corrected chi connectivity index (χ4v) is 0.523. The lowest BCUT2D eigenvalue weighted by Crippen LogP contribution is -2.17. The number of nitrogens with zero attached hydrogens (tertiary/aromatic N) is 1. The predicted molar refractivity (Wildman–Crippen MR) is 44.1 cm³/mol. The molecule has 0 aromatic heterocycles. The number of nitriles is 1. The van der Waals surface area contributed by atoms with E-state index in [9.17, 15) is 9.59 Å². The minimum atomic E-state index is -0.725. The zero-order chi connectivity index (χ0) is 10.3. The van der Waals surface area contributed by atoms with Crippen LogP contribution in [0.4, 0.5) is 0 Å². The molecule has 0 bridgehead atoms. The summed E-state index contributed by atoms with van der Waals surface area (Å²) in [6.45, 7) is 3.31. The Morgan fingerprint density at radius 3 is 2.62 bits per heavy atom. The molecular weight excluding hydrogens is 172 g/mol. The first-order chi connectivity index (χ1) is 6.07. The number of hydrogen-bond donors (Lipinski definition) is 1. The molecule has 0 aliphatic heterocycles. The molecule has 0 radical (unpaired) electrons. The normalized spacial score (nSPS) is 8.54. The first kappa shape index (κ1) is 11.2. The summed E-state index contributed by atoms with van der Waals surface area (Å²) in [5.41, 5.74) is 4.84. The molecule has 5 nitrogen and oxygen atoms in total. The van der Waals surface area contributed by atoms with Crippen LogP contribution in [-0.4, -0.2) is 18.5 Å². The molecule has 1 amide bonds. The summed E-state index contributed by atoms with van der Waals surface area (Å²) in [7, 11) is 0. The Balaban J connectivity index is 3.70. The van der Waals surface area contributed by atoms with Crippen LogP contribution in [0.15, 0.2) is 12.2 Å². The van der Waals surface area contributed by atoms with E-state index in [-0.39, 0.29) is 25.0 Å². The van der Waals surface area contributed by atoms with Gasteiger partial charge in [-0.25, -0.2) is 0 Å². The quantitative estimate of drug-likeness (QED) is 0.364. The van der Waals surface area contributed by atoms with Gasteiger partial charge in [0.15, 0.2) is 0 Å². The van der Waals surface area contributed by atoms with Crippen molar-refractivity contribution in [2.75, 3.05) is 6.61 Å². The van der Waals surface area contributed by atoms with Crippen molar-refractivity contribution >= 4 is 11.9 Å². The van der Waals surface area contributed by atoms with Crippen molar-refractivity contribution < 1.29 is 14.3 Å². The molecule has 0 unspecified atom stereocenters. The Hall–Kier alpha value is -1.83. The molecule has 0 saturated heterocycles. The summed E-state index contributed by atoms with van der Waals surface area (Å²) in [5, 5.41) is 8.12. The molecule has 13 heavy (non-hydrogen) atoms. The van der Waals surface area contributed by atoms with Gasteiger partial charge in [0.2, 0.25) is 5.91 Å². The van der Waals surface area contributed by atoms with Gasteiger partial charge in [-0.2, -0.15) is 5.26 Å². The van der Waals surface area contributed by atoms with Gasteiger partial charge in [-0.3, -0.25) is 9.59 Å². The summed E-state index contributed by atoms with van der Waals surface area (Å²) in [5.74, 6) is -1.32. The molecule has 0 spiro atoms. The van der Waals surface area contributed by atoms with Crippen LogP contribution in [0.1, 0.15) is 12.8 Å². The molecule has 5 heteroatoms. The first-order valence-corrected chi connectivity index (χ1v) is 3.58. The number of primary amides is 1. The minimum Gasteiger partial charge on any atom is -0.464 e. The number of carbonyl (C=O) groups excluding carboxylic acids is 2. The van der Waals surface area contributed by atoms with E-state index in [1.807, 2.05) is 6.07 Å². The fraction of sp³-hybridized carbons (Fsp3) is 0.375. The first-order valence-electron chi connectivity index (χ1n) is 3.58. The average Bonchev–Trinajstić information content (AvgIpc) is 2.04. The Labute approximate surface area is 75.8 Å². The summed E-state index contributed by atoms with van der Waals surface area (Å²) in [6.07, 6.45) is -0.0877. The molecule has 0 fully saturated rings. The van der Waals surface area contributed by atoms with E-state index in [1.54, 1.807) is 0 Å². The Kier molecular flexibility index (Phi) is 4.96. The molecule has 2 N–H and O–H groups in total. The fourth-order valence-electron chi connectivity index (χ4n) is 0.523. The SMILES string of the molecule is C=C(CC(=O)OCCC#N)C(N)=O. The second kappa shape index (κ2) is 5.77. The smallest absolute Gasteiger partial charge is 0.310 e. The van der Waals surface area contributed by atoms with E-state index in [0.29, 0.717) is 0 Å². The van der Waals surface area contributed by atoms with Crippen molar-refractivity contribution in [2.45, 2.75) is 12.8 Å². The van der Waals surface area contributed by atoms with Crippen molar-refractivity contribution in [1.29, 1.82) is 5.26 Å². The molecule has 0 aromatic carbocycles. The van der Waals surface area contributed by atoms with Gasteiger partial charge in [0.05, 0.1) is 18.9 Å².